The molecule has 0 fully saturated rings. The van der Waals surface area contributed by atoms with Gasteiger partial charge in [-0.3, -0.25) is 0 Å². The lowest BCUT2D eigenvalue weighted by molar-refractivity contribution is 0.449. The van der Waals surface area contributed by atoms with Gasteiger partial charge < -0.3 is 20.0 Å². The number of nitrogens with zero attached hydrogens (tertiary/aromatic N) is 2. The molecule has 0 aliphatic carbocycles. The number of phenols is 2. The molecule has 2 N–H and O–H groups in total. The smallest absolute Gasteiger partial charge is 0.119 e. The highest BCUT2D eigenvalue weighted by Gasteiger charge is 2.19. The Hall–Kier alpha value is -3.14. The molecular weight excluding hydrogens is 336 g/mol. The SMILES string of the molecule is CN(C)c1ccc(C(c2ccc(N(C)C)cc2)c2cc(O)cc(O)c2)cc1. The second kappa shape index (κ2) is 7.62. The fourth-order valence-electron chi connectivity index (χ4n) is 3.29. The van der Waals surface area contributed by atoms with Crippen LogP contribution in [0.1, 0.15) is 22.6 Å². The molecule has 0 aliphatic rings. The molecule has 0 bridgehead atoms. The first kappa shape index (κ1) is 18.6. The highest BCUT2D eigenvalue weighted by molar-refractivity contribution is 5.54. The molecule has 27 heavy (non-hydrogen) atoms. The highest BCUT2D eigenvalue weighted by atomic mass is 16.3. The Morgan fingerprint density at radius 3 is 1.26 bits per heavy atom. The molecule has 0 spiro atoms. The second-order valence-electron chi connectivity index (χ2n) is 7.19. The Labute approximate surface area is 160 Å². The predicted molar refractivity (Wildman–Crippen MR) is 112 cm³/mol. The molecule has 0 unspecified atom stereocenters. The van der Waals surface area contributed by atoms with Crippen molar-refractivity contribution in [3.8, 4) is 11.5 Å². The van der Waals surface area contributed by atoms with E-state index in [0.717, 1.165) is 28.1 Å². The molecule has 4 nitrogen and oxygen atoms in total. The molecule has 0 amide bonds. The van der Waals surface area contributed by atoms with Crippen LogP contribution in [-0.4, -0.2) is 38.4 Å². The number of hydrogen-bond donors (Lipinski definition) is 2. The number of anilines is 2. The minimum absolute atomic E-state index is 0.0600. The Bertz CT molecular complexity index is 829. The molecule has 3 aromatic rings. The molecule has 0 heterocycles. The molecule has 0 aromatic heterocycles. The molecule has 0 aliphatic heterocycles. The molecule has 0 atom stereocenters. The van der Waals surface area contributed by atoms with Crippen LogP contribution in [0.15, 0.2) is 66.7 Å². The van der Waals surface area contributed by atoms with Crippen LogP contribution < -0.4 is 9.80 Å². The topological polar surface area (TPSA) is 46.9 Å². The van der Waals surface area contributed by atoms with E-state index in [4.69, 9.17) is 0 Å². The summed E-state index contributed by atoms with van der Waals surface area (Å²) in [5.41, 5.74) is 5.30. The minimum Gasteiger partial charge on any atom is -0.508 e. The van der Waals surface area contributed by atoms with Gasteiger partial charge in [0.15, 0.2) is 0 Å². The largest absolute Gasteiger partial charge is 0.508 e. The van der Waals surface area contributed by atoms with E-state index < -0.39 is 0 Å². The number of hydrogen-bond acceptors (Lipinski definition) is 4. The van der Waals surface area contributed by atoms with E-state index in [0.29, 0.717) is 0 Å². The van der Waals surface area contributed by atoms with E-state index in [1.54, 1.807) is 12.1 Å². The van der Waals surface area contributed by atoms with Gasteiger partial charge >= 0.3 is 0 Å². The Kier molecular flexibility index (Phi) is 5.26. The van der Waals surface area contributed by atoms with Crippen LogP contribution in [0.4, 0.5) is 11.4 Å². The molecule has 3 aromatic carbocycles. The van der Waals surface area contributed by atoms with E-state index in [1.165, 1.54) is 6.07 Å². The van der Waals surface area contributed by atoms with Crippen molar-refractivity contribution in [1.82, 2.24) is 0 Å². The zero-order chi connectivity index (χ0) is 19.6. The summed E-state index contributed by atoms with van der Waals surface area (Å²) in [6.45, 7) is 0. The number of phenolic OH excluding ortho intramolecular Hbond substituents is 2. The van der Waals surface area contributed by atoms with E-state index in [-0.39, 0.29) is 17.4 Å². The van der Waals surface area contributed by atoms with Gasteiger partial charge in [-0.15, -0.1) is 0 Å². The van der Waals surface area contributed by atoms with Crippen LogP contribution in [0.2, 0.25) is 0 Å². The normalized spacial score (nSPS) is 10.9. The van der Waals surface area contributed by atoms with Crippen molar-refractivity contribution in [2.24, 2.45) is 0 Å². The van der Waals surface area contributed by atoms with Crippen LogP contribution in [0.5, 0.6) is 11.5 Å². The van der Waals surface area contributed by atoms with Gasteiger partial charge in [0.05, 0.1) is 0 Å². The standard InChI is InChI=1S/C23H26N2O2/c1-24(2)19-9-5-16(6-10-19)23(18-13-21(26)15-22(27)14-18)17-7-11-20(12-8-17)25(3)4/h5-15,23,26-27H,1-4H3. The summed E-state index contributed by atoms with van der Waals surface area (Å²) in [4.78, 5) is 4.12. The molecule has 0 radical (unpaired) electrons. The number of rotatable bonds is 5. The molecule has 0 saturated heterocycles. The van der Waals surface area contributed by atoms with Crippen LogP contribution in [0.3, 0.4) is 0 Å². The molecule has 140 valence electrons. The lowest BCUT2D eigenvalue weighted by Crippen LogP contribution is -2.10. The zero-order valence-electron chi connectivity index (χ0n) is 16.2. The lowest BCUT2D eigenvalue weighted by atomic mass is 9.84. The van der Waals surface area contributed by atoms with Crippen molar-refractivity contribution in [3.63, 3.8) is 0 Å². The summed E-state index contributed by atoms with van der Waals surface area (Å²) in [6, 6.07) is 21.5. The van der Waals surface area contributed by atoms with Crippen LogP contribution >= 0.6 is 0 Å². The molecule has 0 saturated carbocycles. The summed E-state index contributed by atoms with van der Waals surface area (Å²) < 4.78 is 0. The fraction of sp³-hybridized carbons (Fsp3) is 0.217. The summed E-state index contributed by atoms with van der Waals surface area (Å²) in [5, 5.41) is 20.0. The zero-order valence-corrected chi connectivity index (χ0v) is 16.2. The first-order chi connectivity index (χ1) is 12.8. The first-order valence-electron chi connectivity index (χ1n) is 8.92. The maximum absolute atomic E-state index is 10.00. The van der Waals surface area contributed by atoms with Crippen molar-refractivity contribution < 1.29 is 10.2 Å². The average Bonchev–Trinajstić information content (AvgIpc) is 2.62. The van der Waals surface area contributed by atoms with Gasteiger partial charge in [0.2, 0.25) is 0 Å². The van der Waals surface area contributed by atoms with Crippen molar-refractivity contribution in [2.75, 3.05) is 38.0 Å². The maximum Gasteiger partial charge on any atom is 0.119 e. The third-order valence-electron chi connectivity index (χ3n) is 4.74. The van der Waals surface area contributed by atoms with E-state index in [9.17, 15) is 10.2 Å². The monoisotopic (exact) mass is 362 g/mol. The van der Waals surface area contributed by atoms with Gasteiger partial charge in [-0.25, -0.2) is 0 Å². The maximum atomic E-state index is 10.00. The van der Waals surface area contributed by atoms with E-state index >= 15 is 0 Å². The lowest BCUT2D eigenvalue weighted by Gasteiger charge is -2.22. The highest BCUT2D eigenvalue weighted by Crippen LogP contribution is 2.36. The van der Waals surface area contributed by atoms with E-state index in [1.807, 2.05) is 28.2 Å². The van der Waals surface area contributed by atoms with Gasteiger partial charge in [0, 0.05) is 51.5 Å². The Morgan fingerprint density at radius 1 is 0.556 bits per heavy atom. The Balaban J connectivity index is 2.10. The number of benzene rings is 3. The molecule has 4 heteroatoms. The van der Waals surface area contributed by atoms with E-state index in [2.05, 4.69) is 58.3 Å². The van der Waals surface area contributed by atoms with Crippen molar-refractivity contribution in [1.29, 1.82) is 0 Å². The molecular formula is C23H26N2O2. The third-order valence-corrected chi connectivity index (χ3v) is 4.74. The number of aromatic hydroxyl groups is 2. The van der Waals surface area contributed by atoms with Gasteiger partial charge in [-0.2, -0.15) is 0 Å². The average molecular weight is 362 g/mol. The van der Waals surface area contributed by atoms with Crippen LogP contribution in [0, 0.1) is 0 Å². The minimum atomic E-state index is -0.0876. The van der Waals surface area contributed by atoms with Crippen molar-refractivity contribution in [2.45, 2.75) is 5.92 Å². The molecule has 3 rings (SSSR count). The fourth-order valence-corrected chi connectivity index (χ4v) is 3.29. The van der Waals surface area contributed by atoms with Gasteiger partial charge in [-0.1, -0.05) is 24.3 Å². The van der Waals surface area contributed by atoms with Crippen LogP contribution in [0.25, 0.3) is 0 Å². The summed E-state index contributed by atoms with van der Waals surface area (Å²) in [5.74, 6) is 0.0325. The summed E-state index contributed by atoms with van der Waals surface area (Å²) >= 11 is 0. The summed E-state index contributed by atoms with van der Waals surface area (Å²) in [7, 11) is 8.05. The Morgan fingerprint density at radius 2 is 0.926 bits per heavy atom. The first-order valence-corrected chi connectivity index (χ1v) is 8.92. The van der Waals surface area contributed by atoms with Gasteiger partial charge in [0.25, 0.3) is 0 Å². The van der Waals surface area contributed by atoms with Crippen LogP contribution in [-0.2, 0) is 0 Å². The quantitative estimate of drug-likeness (QED) is 0.660. The van der Waals surface area contributed by atoms with Gasteiger partial charge in [-0.05, 0) is 53.1 Å². The van der Waals surface area contributed by atoms with Crippen molar-refractivity contribution in [3.05, 3.63) is 83.4 Å². The summed E-state index contributed by atoms with van der Waals surface area (Å²) in [6.07, 6.45) is 0. The van der Waals surface area contributed by atoms with Gasteiger partial charge in [0.1, 0.15) is 11.5 Å². The second-order valence-corrected chi connectivity index (χ2v) is 7.19. The van der Waals surface area contributed by atoms with Crippen molar-refractivity contribution >= 4 is 11.4 Å². The predicted octanol–water partition coefficient (Wildman–Crippen LogP) is 4.41. The third kappa shape index (κ3) is 4.17.